The van der Waals surface area contributed by atoms with Crippen LogP contribution in [0.4, 0.5) is 0 Å². The quantitative estimate of drug-likeness (QED) is 0.538. The van der Waals surface area contributed by atoms with Crippen molar-refractivity contribution in [2.75, 3.05) is 5.33 Å². The third kappa shape index (κ3) is 3.04. The molecule has 0 aliphatic heterocycles. The summed E-state index contributed by atoms with van der Waals surface area (Å²) in [6.45, 7) is 1.90. The van der Waals surface area contributed by atoms with Crippen LogP contribution in [-0.2, 0) is 6.42 Å². The minimum atomic E-state index is -0.488. The Kier molecular flexibility index (Phi) is 4.53. The topological polar surface area (TPSA) is 50.4 Å². The molecular formula is C19H17BrO3. The van der Waals surface area contributed by atoms with Gasteiger partial charge >= 0.3 is 5.63 Å². The second kappa shape index (κ2) is 6.59. The fraction of sp³-hybridized carbons (Fsp3) is 0.211. The van der Waals surface area contributed by atoms with Crippen molar-refractivity contribution < 1.29 is 9.52 Å². The van der Waals surface area contributed by atoms with Gasteiger partial charge in [0.25, 0.3) is 0 Å². The van der Waals surface area contributed by atoms with Crippen molar-refractivity contribution in [1.29, 1.82) is 0 Å². The zero-order chi connectivity index (χ0) is 16.4. The molecule has 0 radical (unpaired) electrons. The number of hydrogen-bond donors (Lipinski definition) is 1. The molecular weight excluding hydrogens is 356 g/mol. The summed E-state index contributed by atoms with van der Waals surface area (Å²) < 4.78 is 5.36. The lowest BCUT2D eigenvalue weighted by Crippen LogP contribution is -2.12. The second-order valence-corrected chi connectivity index (χ2v) is 6.34. The zero-order valence-electron chi connectivity index (χ0n) is 12.8. The van der Waals surface area contributed by atoms with Crippen molar-refractivity contribution in [3.63, 3.8) is 0 Å². The molecule has 0 amide bonds. The van der Waals surface area contributed by atoms with E-state index < -0.39 is 5.63 Å². The zero-order valence-corrected chi connectivity index (χ0v) is 14.3. The maximum atomic E-state index is 12.3. The molecule has 0 saturated carbocycles. The molecule has 1 atom stereocenters. The first-order valence-corrected chi connectivity index (χ1v) is 8.63. The van der Waals surface area contributed by atoms with Gasteiger partial charge in [0.15, 0.2) is 0 Å². The first-order valence-electron chi connectivity index (χ1n) is 7.51. The van der Waals surface area contributed by atoms with Crippen LogP contribution in [0.25, 0.3) is 11.0 Å². The van der Waals surface area contributed by atoms with E-state index >= 15 is 0 Å². The van der Waals surface area contributed by atoms with Crippen LogP contribution in [0.5, 0.6) is 5.75 Å². The van der Waals surface area contributed by atoms with Crippen LogP contribution in [-0.4, -0.2) is 10.4 Å². The lowest BCUT2D eigenvalue weighted by Gasteiger charge is -2.14. The van der Waals surface area contributed by atoms with Gasteiger partial charge < -0.3 is 9.52 Å². The predicted octanol–water partition coefficient (Wildman–Crippen LogP) is 4.59. The summed E-state index contributed by atoms with van der Waals surface area (Å²) in [7, 11) is 0. The summed E-state index contributed by atoms with van der Waals surface area (Å²) in [5, 5.41) is 12.0. The largest absolute Gasteiger partial charge is 0.507 e. The van der Waals surface area contributed by atoms with Crippen LogP contribution in [0.15, 0.2) is 57.7 Å². The molecule has 3 nitrogen and oxygen atoms in total. The molecule has 0 saturated heterocycles. The third-order valence-electron chi connectivity index (χ3n) is 4.12. The molecule has 1 N–H and O–H groups in total. The van der Waals surface area contributed by atoms with Crippen LogP contribution >= 0.6 is 15.9 Å². The molecule has 2 aromatic carbocycles. The normalized spacial score (nSPS) is 12.4. The van der Waals surface area contributed by atoms with Gasteiger partial charge in [-0.15, -0.1) is 0 Å². The summed E-state index contributed by atoms with van der Waals surface area (Å²) >= 11 is 3.43. The van der Waals surface area contributed by atoms with Gasteiger partial charge in [-0.25, -0.2) is 4.79 Å². The molecule has 1 aromatic heterocycles. The number of halogens is 1. The monoisotopic (exact) mass is 372 g/mol. The highest BCUT2D eigenvalue weighted by atomic mass is 79.9. The van der Waals surface area contributed by atoms with Crippen molar-refractivity contribution >= 4 is 26.9 Å². The summed E-state index contributed by atoms with van der Waals surface area (Å²) in [6, 6.07) is 15.1. The smallest absolute Gasteiger partial charge is 0.343 e. The predicted molar refractivity (Wildman–Crippen MR) is 95.6 cm³/mol. The van der Waals surface area contributed by atoms with E-state index in [0.717, 1.165) is 17.3 Å². The van der Waals surface area contributed by atoms with Crippen molar-refractivity contribution in [3.8, 4) is 5.75 Å². The molecule has 1 heterocycles. The van der Waals surface area contributed by atoms with Crippen molar-refractivity contribution in [3.05, 3.63) is 75.6 Å². The number of benzene rings is 2. The average Bonchev–Trinajstić information content (AvgIpc) is 2.56. The van der Waals surface area contributed by atoms with E-state index in [1.807, 2.05) is 37.3 Å². The molecule has 23 heavy (non-hydrogen) atoms. The van der Waals surface area contributed by atoms with Gasteiger partial charge in [-0.3, -0.25) is 0 Å². The van der Waals surface area contributed by atoms with E-state index in [2.05, 4.69) is 15.9 Å². The molecule has 3 aromatic rings. The summed E-state index contributed by atoms with van der Waals surface area (Å²) in [4.78, 5) is 12.3. The number of hydrogen-bond acceptors (Lipinski definition) is 3. The maximum absolute atomic E-state index is 12.3. The Balaban J connectivity index is 2.06. The SMILES string of the molecule is CC(c1ccc(CCBr)cc1)c1c(O)c2ccccc2oc1=O. The van der Waals surface area contributed by atoms with Gasteiger partial charge in [-0.05, 0) is 29.7 Å². The van der Waals surface area contributed by atoms with Crippen molar-refractivity contribution in [1.82, 2.24) is 0 Å². The number of alkyl halides is 1. The molecule has 0 bridgehead atoms. The number of fused-ring (bicyclic) bond motifs is 1. The summed E-state index contributed by atoms with van der Waals surface area (Å²) in [5.74, 6) is -0.234. The highest BCUT2D eigenvalue weighted by Crippen LogP contribution is 2.33. The third-order valence-corrected chi connectivity index (χ3v) is 4.51. The van der Waals surface area contributed by atoms with Crippen LogP contribution in [0.1, 0.15) is 29.5 Å². The van der Waals surface area contributed by atoms with E-state index in [1.165, 1.54) is 5.56 Å². The molecule has 0 aliphatic rings. The van der Waals surface area contributed by atoms with Crippen molar-refractivity contribution in [2.45, 2.75) is 19.3 Å². The molecule has 4 heteroatoms. The Morgan fingerprint density at radius 3 is 2.52 bits per heavy atom. The minimum Gasteiger partial charge on any atom is -0.507 e. The van der Waals surface area contributed by atoms with Crippen LogP contribution in [0.3, 0.4) is 0 Å². The fourth-order valence-electron chi connectivity index (χ4n) is 2.78. The second-order valence-electron chi connectivity index (χ2n) is 5.55. The van der Waals surface area contributed by atoms with Crippen LogP contribution in [0, 0.1) is 0 Å². The maximum Gasteiger partial charge on any atom is 0.343 e. The standard InChI is InChI=1S/C19H17BrO3/c1-12(14-8-6-13(7-9-14)10-11-20)17-18(21)15-4-2-3-5-16(15)23-19(17)22/h2-9,12,21H,10-11H2,1H3. The molecule has 3 rings (SSSR count). The highest BCUT2D eigenvalue weighted by Gasteiger charge is 2.20. The Bertz CT molecular complexity index is 881. The Labute approximate surface area is 142 Å². The van der Waals surface area contributed by atoms with E-state index in [0.29, 0.717) is 16.5 Å². The fourth-order valence-corrected chi connectivity index (χ4v) is 3.24. The number of para-hydroxylation sites is 1. The molecule has 0 spiro atoms. The summed E-state index contributed by atoms with van der Waals surface area (Å²) in [5.41, 5.74) is 2.42. The number of aryl methyl sites for hydroxylation is 1. The van der Waals surface area contributed by atoms with Gasteiger partial charge in [-0.1, -0.05) is 59.3 Å². The molecule has 0 fully saturated rings. The van der Waals surface area contributed by atoms with Crippen LogP contribution in [0.2, 0.25) is 0 Å². The Morgan fingerprint density at radius 2 is 1.83 bits per heavy atom. The van der Waals surface area contributed by atoms with Crippen LogP contribution < -0.4 is 5.63 Å². The first-order chi connectivity index (χ1) is 11.1. The number of aromatic hydroxyl groups is 1. The van der Waals surface area contributed by atoms with Gasteiger partial charge in [0.2, 0.25) is 0 Å². The first kappa shape index (κ1) is 15.8. The molecule has 1 unspecified atom stereocenters. The minimum absolute atomic E-state index is 0.00823. The highest BCUT2D eigenvalue weighted by molar-refractivity contribution is 9.09. The van der Waals surface area contributed by atoms with E-state index in [-0.39, 0.29) is 11.7 Å². The lowest BCUT2D eigenvalue weighted by atomic mass is 9.92. The molecule has 118 valence electrons. The van der Waals surface area contributed by atoms with E-state index in [9.17, 15) is 9.90 Å². The van der Waals surface area contributed by atoms with Gasteiger partial charge in [0.05, 0.1) is 10.9 Å². The van der Waals surface area contributed by atoms with Crippen molar-refractivity contribution in [2.24, 2.45) is 0 Å². The van der Waals surface area contributed by atoms with E-state index in [4.69, 9.17) is 4.42 Å². The Hall–Kier alpha value is -2.07. The lowest BCUT2D eigenvalue weighted by molar-refractivity contribution is 0.453. The average molecular weight is 373 g/mol. The van der Waals surface area contributed by atoms with Gasteiger partial charge in [0.1, 0.15) is 11.3 Å². The van der Waals surface area contributed by atoms with Gasteiger partial charge in [-0.2, -0.15) is 0 Å². The van der Waals surface area contributed by atoms with Gasteiger partial charge in [0, 0.05) is 11.2 Å². The Morgan fingerprint density at radius 1 is 1.13 bits per heavy atom. The summed E-state index contributed by atoms with van der Waals surface area (Å²) in [6.07, 6.45) is 0.956. The number of rotatable bonds is 4. The van der Waals surface area contributed by atoms with E-state index in [1.54, 1.807) is 18.2 Å². The molecule has 0 aliphatic carbocycles.